The molecule has 1 heterocycles. The first-order valence-electron chi connectivity index (χ1n) is 8.88. The van der Waals surface area contributed by atoms with Gasteiger partial charge in [0.05, 0.1) is 4.90 Å². The van der Waals surface area contributed by atoms with Gasteiger partial charge < -0.3 is 4.90 Å². The Morgan fingerprint density at radius 1 is 1.00 bits per heavy atom. The van der Waals surface area contributed by atoms with Gasteiger partial charge in [0, 0.05) is 24.8 Å². The summed E-state index contributed by atoms with van der Waals surface area (Å²) in [7, 11) is -3.53. The van der Waals surface area contributed by atoms with Crippen LogP contribution in [0.1, 0.15) is 12.5 Å². The number of nitrogens with one attached hydrogen (secondary N) is 1. The largest absolute Gasteiger partial charge is 0.367 e. The highest BCUT2D eigenvalue weighted by Crippen LogP contribution is 2.29. The van der Waals surface area contributed by atoms with Gasteiger partial charge in [0.2, 0.25) is 10.0 Å². The molecule has 0 saturated carbocycles. The molecule has 4 nitrogen and oxygen atoms in total. The number of benzene rings is 3. The number of sulfonamides is 1. The van der Waals surface area contributed by atoms with Crippen molar-refractivity contribution < 1.29 is 8.42 Å². The normalized spacial score (nSPS) is 15.2. The molecule has 1 aliphatic rings. The molecule has 0 bridgehead atoms. The van der Waals surface area contributed by atoms with E-state index in [2.05, 4.69) is 34.7 Å². The second-order valence-corrected chi connectivity index (χ2v) is 8.55. The molecule has 0 aromatic heterocycles. The Morgan fingerprint density at radius 3 is 2.58 bits per heavy atom. The van der Waals surface area contributed by atoms with Crippen LogP contribution in [0.15, 0.2) is 71.6 Å². The zero-order chi connectivity index (χ0) is 18.1. The topological polar surface area (TPSA) is 49.4 Å². The molecule has 1 aliphatic heterocycles. The number of hydrogen-bond acceptors (Lipinski definition) is 3. The fourth-order valence-corrected chi connectivity index (χ4v) is 4.74. The van der Waals surface area contributed by atoms with E-state index in [4.69, 9.17) is 0 Å². The van der Waals surface area contributed by atoms with Crippen LogP contribution in [-0.4, -0.2) is 27.5 Å². The van der Waals surface area contributed by atoms with Crippen molar-refractivity contribution in [2.45, 2.75) is 24.3 Å². The van der Waals surface area contributed by atoms with Crippen molar-refractivity contribution in [2.24, 2.45) is 0 Å². The predicted molar refractivity (Wildman–Crippen MR) is 106 cm³/mol. The Balaban J connectivity index is 1.49. The molecule has 0 radical (unpaired) electrons. The summed E-state index contributed by atoms with van der Waals surface area (Å²) in [4.78, 5) is 2.59. The summed E-state index contributed by atoms with van der Waals surface area (Å²) in [6.07, 6.45) is 1.01. The average Bonchev–Trinajstić information content (AvgIpc) is 3.10. The van der Waals surface area contributed by atoms with Gasteiger partial charge in [-0.2, -0.15) is 0 Å². The maximum Gasteiger partial charge on any atom is 0.240 e. The van der Waals surface area contributed by atoms with Crippen molar-refractivity contribution >= 4 is 26.5 Å². The van der Waals surface area contributed by atoms with Crippen LogP contribution in [0.4, 0.5) is 5.69 Å². The zero-order valence-electron chi connectivity index (χ0n) is 14.7. The Bertz CT molecular complexity index is 1050. The standard InChI is InChI=1S/C21H22N2O2S/c1-16(23-13-12-18-7-4-5-9-21(18)23)15-22-26(24,25)20-11-10-17-6-2-3-8-19(17)14-20/h2-11,14,16,22H,12-13,15H2,1H3. The molecule has 1 N–H and O–H groups in total. The Morgan fingerprint density at radius 2 is 1.73 bits per heavy atom. The van der Waals surface area contributed by atoms with Gasteiger partial charge in [0.15, 0.2) is 0 Å². The Hall–Kier alpha value is -2.37. The molecule has 0 aliphatic carbocycles. The summed E-state index contributed by atoms with van der Waals surface area (Å²) in [6.45, 7) is 3.37. The van der Waals surface area contributed by atoms with Gasteiger partial charge in [0.25, 0.3) is 0 Å². The summed E-state index contributed by atoms with van der Waals surface area (Å²) in [5.41, 5.74) is 2.54. The minimum atomic E-state index is -3.53. The minimum absolute atomic E-state index is 0.0916. The van der Waals surface area contributed by atoms with E-state index in [9.17, 15) is 8.42 Å². The molecule has 3 aromatic rings. The van der Waals surface area contributed by atoms with Crippen LogP contribution < -0.4 is 9.62 Å². The average molecular weight is 366 g/mol. The van der Waals surface area contributed by atoms with Crippen molar-refractivity contribution in [1.82, 2.24) is 4.72 Å². The molecule has 4 rings (SSSR count). The Labute approximate surface area is 154 Å². The van der Waals surface area contributed by atoms with E-state index >= 15 is 0 Å². The van der Waals surface area contributed by atoms with Gasteiger partial charge in [-0.15, -0.1) is 0 Å². The SMILES string of the molecule is CC(CNS(=O)(=O)c1ccc2ccccc2c1)N1CCc2ccccc21. The van der Waals surface area contributed by atoms with E-state index < -0.39 is 10.0 Å². The summed E-state index contributed by atoms with van der Waals surface area (Å²) < 4.78 is 28.2. The Kier molecular flexibility index (Phi) is 4.42. The predicted octanol–water partition coefficient (Wildman–Crippen LogP) is 3.57. The van der Waals surface area contributed by atoms with E-state index in [0.717, 1.165) is 23.7 Å². The summed E-state index contributed by atoms with van der Waals surface area (Å²) in [5, 5.41) is 1.96. The van der Waals surface area contributed by atoms with E-state index in [1.54, 1.807) is 12.1 Å². The van der Waals surface area contributed by atoms with Crippen molar-refractivity contribution in [2.75, 3.05) is 18.0 Å². The van der Waals surface area contributed by atoms with Gasteiger partial charge in [-0.3, -0.25) is 0 Å². The second kappa shape index (κ2) is 6.74. The molecule has 26 heavy (non-hydrogen) atoms. The summed E-state index contributed by atoms with van der Waals surface area (Å²) in [5.74, 6) is 0. The fourth-order valence-electron chi connectivity index (χ4n) is 3.58. The van der Waals surface area contributed by atoms with Crippen molar-refractivity contribution in [3.63, 3.8) is 0 Å². The highest BCUT2D eigenvalue weighted by molar-refractivity contribution is 7.89. The quantitative estimate of drug-likeness (QED) is 0.751. The van der Waals surface area contributed by atoms with E-state index in [1.807, 2.05) is 36.4 Å². The molecule has 0 spiro atoms. The smallest absolute Gasteiger partial charge is 0.240 e. The van der Waals surface area contributed by atoms with Crippen LogP contribution in [0, 0.1) is 0 Å². The van der Waals surface area contributed by atoms with E-state index in [0.29, 0.717) is 11.4 Å². The molecule has 1 atom stereocenters. The lowest BCUT2D eigenvalue weighted by Gasteiger charge is -2.27. The number of nitrogens with zero attached hydrogens (tertiary/aromatic N) is 1. The van der Waals surface area contributed by atoms with Crippen LogP contribution >= 0.6 is 0 Å². The lowest BCUT2D eigenvalue weighted by Crippen LogP contribution is -2.41. The van der Waals surface area contributed by atoms with Crippen LogP contribution in [0.25, 0.3) is 10.8 Å². The molecule has 0 fully saturated rings. The van der Waals surface area contributed by atoms with E-state index in [1.165, 1.54) is 11.3 Å². The summed E-state index contributed by atoms with van der Waals surface area (Å²) in [6, 6.07) is 21.4. The molecule has 134 valence electrons. The number of para-hydroxylation sites is 1. The molecule has 3 aromatic carbocycles. The maximum atomic E-state index is 12.7. The highest BCUT2D eigenvalue weighted by atomic mass is 32.2. The van der Waals surface area contributed by atoms with Crippen molar-refractivity contribution in [3.05, 3.63) is 72.3 Å². The van der Waals surface area contributed by atoms with E-state index in [-0.39, 0.29) is 6.04 Å². The molecule has 0 amide bonds. The van der Waals surface area contributed by atoms with Crippen molar-refractivity contribution in [3.8, 4) is 0 Å². The van der Waals surface area contributed by atoms with Crippen LogP contribution in [0.5, 0.6) is 0 Å². The number of fused-ring (bicyclic) bond motifs is 2. The first-order chi connectivity index (χ1) is 12.5. The van der Waals surface area contributed by atoms with Crippen LogP contribution in [-0.2, 0) is 16.4 Å². The first-order valence-corrected chi connectivity index (χ1v) is 10.4. The maximum absolute atomic E-state index is 12.7. The minimum Gasteiger partial charge on any atom is -0.367 e. The van der Waals surface area contributed by atoms with Gasteiger partial charge >= 0.3 is 0 Å². The third-order valence-electron chi connectivity index (χ3n) is 5.06. The van der Waals surface area contributed by atoms with Crippen molar-refractivity contribution in [1.29, 1.82) is 0 Å². The van der Waals surface area contributed by atoms with Gasteiger partial charge in [-0.05, 0) is 47.9 Å². The van der Waals surface area contributed by atoms with Gasteiger partial charge in [-0.25, -0.2) is 13.1 Å². The van der Waals surface area contributed by atoms with Crippen LogP contribution in [0.3, 0.4) is 0 Å². The number of rotatable bonds is 5. The van der Waals surface area contributed by atoms with Gasteiger partial charge in [-0.1, -0.05) is 48.5 Å². The molecular formula is C21H22N2O2S. The molecular weight excluding hydrogens is 344 g/mol. The van der Waals surface area contributed by atoms with Gasteiger partial charge in [0.1, 0.15) is 0 Å². The third-order valence-corrected chi connectivity index (χ3v) is 6.48. The lowest BCUT2D eigenvalue weighted by atomic mass is 10.1. The molecule has 5 heteroatoms. The molecule has 0 saturated heterocycles. The molecule has 1 unspecified atom stereocenters. The second-order valence-electron chi connectivity index (χ2n) is 6.78. The lowest BCUT2D eigenvalue weighted by molar-refractivity contribution is 0.566. The van der Waals surface area contributed by atoms with Crippen LogP contribution in [0.2, 0.25) is 0 Å². The summed E-state index contributed by atoms with van der Waals surface area (Å²) >= 11 is 0. The highest BCUT2D eigenvalue weighted by Gasteiger charge is 2.24. The number of hydrogen-bond donors (Lipinski definition) is 1. The zero-order valence-corrected chi connectivity index (χ0v) is 15.5. The third kappa shape index (κ3) is 3.20. The monoisotopic (exact) mass is 366 g/mol. The number of anilines is 1. The fraction of sp³-hybridized carbons (Fsp3) is 0.238. The first kappa shape index (κ1) is 17.1.